The summed E-state index contributed by atoms with van der Waals surface area (Å²) < 4.78 is 6.01. The number of halogens is 1. The summed E-state index contributed by atoms with van der Waals surface area (Å²) >= 11 is 3.29. The molecular weight excluding hydrogens is 386 g/mol. The monoisotopic (exact) mass is 403 g/mol. The molecule has 0 fully saturated rings. The molecule has 25 heavy (non-hydrogen) atoms. The lowest BCUT2D eigenvalue weighted by molar-refractivity contribution is -0.120. The van der Waals surface area contributed by atoms with E-state index in [0.717, 1.165) is 11.3 Å². The number of carbonyl (C=O) groups is 2. The first-order valence-corrected chi connectivity index (χ1v) is 8.47. The van der Waals surface area contributed by atoms with E-state index in [9.17, 15) is 9.59 Å². The topological polar surface area (TPSA) is 79.8 Å². The summed E-state index contributed by atoms with van der Waals surface area (Å²) in [5.41, 5.74) is 3.65. The van der Waals surface area contributed by atoms with Crippen LogP contribution in [-0.4, -0.2) is 31.2 Å². The standard InChI is InChI=1S/C18H18BrN3O3/c1-2-25-14-9-7-13(8-10-14)11-21-22-17(23)12-20-18(24)15-5-3-4-6-16(15)19/h3-11H,2,12H2,1H3,(H,20,24)(H,22,23)/b21-11+. The van der Waals surface area contributed by atoms with Crippen molar-refractivity contribution in [2.45, 2.75) is 6.92 Å². The molecule has 2 aromatic rings. The number of hydrogen-bond donors (Lipinski definition) is 2. The lowest BCUT2D eigenvalue weighted by atomic mass is 10.2. The molecule has 0 aliphatic rings. The third-order valence-electron chi connectivity index (χ3n) is 3.12. The highest BCUT2D eigenvalue weighted by atomic mass is 79.9. The van der Waals surface area contributed by atoms with Crippen LogP contribution >= 0.6 is 15.9 Å². The minimum absolute atomic E-state index is 0.166. The van der Waals surface area contributed by atoms with Gasteiger partial charge in [-0.2, -0.15) is 5.10 Å². The summed E-state index contributed by atoms with van der Waals surface area (Å²) in [7, 11) is 0. The second kappa shape index (κ2) is 9.58. The van der Waals surface area contributed by atoms with Gasteiger partial charge < -0.3 is 10.1 Å². The highest BCUT2D eigenvalue weighted by Gasteiger charge is 2.10. The van der Waals surface area contributed by atoms with Gasteiger partial charge in [-0.25, -0.2) is 5.43 Å². The molecule has 0 aromatic heterocycles. The lowest BCUT2D eigenvalue weighted by Gasteiger charge is -2.05. The molecule has 7 heteroatoms. The van der Waals surface area contributed by atoms with Crippen molar-refractivity contribution in [3.8, 4) is 5.75 Å². The summed E-state index contributed by atoms with van der Waals surface area (Å²) in [5.74, 6) is 0.0270. The number of hydrazone groups is 1. The fourth-order valence-electron chi connectivity index (χ4n) is 1.94. The predicted molar refractivity (Wildman–Crippen MR) is 99.8 cm³/mol. The average Bonchev–Trinajstić information content (AvgIpc) is 2.62. The van der Waals surface area contributed by atoms with Gasteiger partial charge in [0.15, 0.2) is 0 Å². The van der Waals surface area contributed by atoms with E-state index < -0.39 is 5.91 Å². The molecule has 0 unspecified atom stereocenters. The molecule has 130 valence electrons. The Labute approximate surface area is 154 Å². The van der Waals surface area contributed by atoms with E-state index in [1.165, 1.54) is 6.21 Å². The number of rotatable bonds is 7. The van der Waals surface area contributed by atoms with Gasteiger partial charge in [-0.15, -0.1) is 0 Å². The molecule has 6 nitrogen and oxygen atoms in total. The van der Waals surface area contributed by atoms with Crippen LogP contribution < -0.4 is 15.5 Å². The van der Waals surface area contributed by atoms with Gasteiger partial charge in [-0.05, 0) is 64.8 Å². The highest BCUT2D eigenvalue weighted by molar-refractivity contribution is 9.10. The summed E-state index contributed by atoms with van der Waals surface area (Å²) in [5, 5.41) is 6.40. The first kappa shape index (κ1) is 18.7. The van der Waals surface area contributed by atoms with Crippen molar-refractivity contribution < 1.29 is 14.3 Å². The Kier molecular flexibility index (Phi) is 7.16. The van der Waals surface area contributed by atoms with Crippen LogP contribution in [0.3, 0.4) is 0 Å². The van der Waals surface area contributed by atoms with Crippen molar-refractivity contribution in [3.63, 3.8) is 0 Å². The molecule has 0 atom stereocenters. The zero-order valence-corrected chi connectivity index (χ0v) is 15.2. The van der Waals surface area contributed by atoms with E-state index in [2.05, 4.69) is 31.8 Å². The van der Waals surface area contributed by atoms with E-state index in [4.69, 9.17) is 4.74 Å². The maximum absolute atomic E-state index is 12.0. The molecule has 2 amide bonds. The van der Waals surface area contributed by atoms with Crippen molar-refractivity contribution in [3.05, 3.63) is 64.1 Å². The van der Waals surface area contributed by atoms with Crippen LogP contribution in [0.2, 0.25) is 0 Å². The van der Waals surface area contributed by atoms with Gasteiger partial charge in [0.1, 0.15) is 5.75 Å². The molecule has 0 bridgehead atoms. The van der Waals surface area contributed by atoms with Gasteiger partial charge in [0.2, 0.25) is 0 Å². The molecule has 0 aliphatic heterocycles. The molecular formula is C18H18BrN3O3. The second-order valence-electron chi connectivity index (χ2n) is 4.96. The van der Waals surface area contributed by atoms with E-state index in [-0.39, 0.29) is 12.5 Å². The average molecular weight is 404 g/mol. The van der Waals surface area contributed by atoms with Crippen LogP contribution in [0.25, 0.3) is 0 Å². The maximum atomic E-state index is 12.0. The Morgan fingerprint density at radius 3 is 2.56 bits per heavy atom. The fourth-order valence-corrected chi connectivity index (χ4v) is 2.40. The van der Waals surface area contributed by atoms with Crippen LogP contribution in [-0.2, 0) is 4.79 Å². The quantitative estimate of drug-likeness (QED) is 0.550. The fraction of sp³-hybridized carbons (Fsp3) is 0.167. The first-order chi connectivity index (χ1) is 12.1. The molecule has 0 heterocycles. The Morgan fingerprint density at radius 1 is 1.16 bits per heavy atom. The third-order valence-corrected chi connectivity index (χ3v) is 3.81. The SMILES string of the molecule is CCOc1ccc(/C=N/NC(=O)CNC(=O)c2ccccc2Br)cc1. The van der Waals surface area contributed by atoms with Crippen LogP contribution in [0.15, 0.2) is 58.1 Å². The molecule has 0 radical (unpaired) electrons. The Hall–Kier alpha value is -2.67. The Morgan fingerprint density at radius 2 is 1.88 bits per heavy atom. The maximum Gasteiger partial charge on any atom is 0.259 e. The largest absolute Gasteiger partial charge is 0.494 e. The van der Waals surface area contributed by atoms with Gasteiger partial charge in [0.25, 0.3) is 11.8 Å². The molecule has 0 saturated heterocycles. The van der Waals surface area contributed by atoms with Crippen LogP contribution in [0.5, 0.6) is 5.75 Å². The Bertz CT molecular complexity index is 760. The van der Waals surface area contributed by atoms with Gasteiger partial charge in [0, 0.05) is 4.47 Å². The zero-order valence-electron chi connectivity index (χ0n) is 13.7. The molecule has 0 saturated carbocycles. The van der Waals surface area contributed by atoms with Crippen LogP contribution in [0.4, 0.5) is 0 Å². The number of hydrogen-bond acceptors (Lipinski definition) is 4. The van der Waals surface area contributed by atoms with Crippen molar-refractivity contribution in [2.24, 2.45) is 5.10 Å². The molecule has 2 rings (SSSR count). The Balaban J connectivity index is 1.78. The van der Waals surface area contributed by atoms with Crippen molar-refractivity contribution >= 4 is 34.0 Å². The summed E-state index contributed by atoms with van der Waals surface area (Å²) in [6.07, 6.45) is 1.52. The summed E-state index contributed by atoms with van der Waals surface area (Å²) in [6.45, 7) is 2.36. The minimum Gasteiger partial charge on any atom is -0.494 e. The van der Waals surface area contributed by atoms with Crippen molar-refractivity contribution in [2.75, 3.05) is 13.2 Å². The van der Waals surface area contributed by atoms with Gasteiger partial charge in [-0.3, -0.25) is 9.59 Å². The van der Waals surface area contributed by atoms with E-state index in [0.29, 0.717) is 16.6 Å². The molecule has 2 aromatic carbocycles. The summed E-state index contributed by atoms with van der Waals surface area (Å²) in [6, 6.07) is 14.3. The van der Waals surface area contributed by atoms with Crippen LogP contribution in [0, 0.1) is 0 Å². The van der Waals surface area contributed by atoms with Crippen molar-refractivity contribution in [1.29, 1.82) is 0 Å². The van der Waals surface area contributed by atoms with Crippen LogP contribution in [0.1, 0.15) is 22.8 Å². The predicted octanol–water partition coefficient (Wildman–Crippen LogP) is 2.73. The normalized spacial score (nSPS) is 10.5. The number of nitrogens with one attached hydrogen (secondary N) is 2. The zero-order chi connectivity index (χ0) is 18.1. The lowest BCUT2D eigenvalue weighted by Crippen LogP contribution is -2.35. The number of carbonyl (C=O) groups excluding carboxylic acids is 2. The molecule has 2 N–H and O–H groups in total. The number of nitrogens with zero attached hydrogens (tertiary/aromatic N) is 1. The minimum atomic E-state index is -0.414. The van der Waals surface area contributed by atoms with Gasteiger partial charge in [0.05, 0.1) is 24.9 Å². The summed E-state index contributed by atoms with van der Waals surface area (Å²) in [4.78, 5) is 23.7. The highest BCUT2D eigenvalue weighted by Crippen LogP contribution is 2.15. The first-order valence-electron chi connectivity index (χ1n) is 7.67. The number of amides is 2. The van der Waals surface area contributed by atoms with E-state index in [1.807, 2.05) is 37.3 Å². The number of ether oxygens (including phenoxy) is 1. The van der Waals surface area contributed by atoms with E-state index in [1.54, 1.807) is 18.2 Å². The third kappa shape index (κ3) is 6.04. The van der Waals surface area contributed by atoms with Gasteiger partial charge >= 0.3 is 0 Å². The second-order valence-corrected chi connectivity index (χ2v) is 5.81. The number of benzene rings is 2. The van der Waals surface area contributed by atoms with Crippen molar-refractivity contribution in [1.82, 2.24) is 10.7 Å². The van der Waals surface area contributed by atoms with Gasteiger partial charge in [-0.1, -0.05) is 12.1 Å². The van der Waals surface area contributed by atoms with E-state index >= 15 is 0 Å². The molecule has 0 spiro atoms. The smallest absolute Gasteiger partial charge is 0.259 e. The molecule has 0 aliphatic carbocycles.